The van der Waals surface area contributed by atoms with Crippen LogP contribution in [-0.4, -0.2) is 14.5 Å². The van der Waals surface area contributed by atoms with Gasteiger partial charge in [-0.3, -0.25) is 0 Å². The standard InChI is InChI=1S/C11H7N5/c1-2-4-16-8-6-12-11-7(5-13-15-11)10(8)14-9(16)3-1/h1-3,5-6H,4H2. The minimum Gasteiger partial charge on any atom is -0.319 e. The molecule has 16 heavy (non-hydrogen) atoms. The molecule has 4 heterocycles. The first kappa shape index (κ1) is 7.92. The van der Waals surface area contributed by atoms with E-state index in [1.165, 1.54) is 0 Å². The number of aromatic nitrogens is 3. The molecule has 5 nitrogen and oxygen atoms in total. The SMILES string of the molecule is C1=CCn2c(nc3c4c(ncc32)N=NC=4)=C1. The van der Waals surface area contributed by atoms with Crippen LogP contribution in [0.3, 0.4) is 0 Å². The summed E-state index contributed by atoms with van der Waals surface area (Å²) in [6, 6.07) is 0. The molecule has 0 aliphatic carbocycles. The molecule has 0 amide bonds. The highest BCUT2D eigenvalue weighted by atomic mass is 15.2. The Hall–Kier alpha value is -2.30. The maximum absolute atomic E-state index is 4.59. The molecule has 0 N–H and O–H groups in total. The third kappa shape index (κ3) is 0.850. The fourth-order valence-corrected chi connectivity index (χ4v) is 2.09. The lowest BCUT2D eigenvalue weighted by Gasteiger charge is -2.02. The number of imidazole rings is 1. The van der Waals surface area contributed by atoms with E-state index in [0.717, 1.165) is 28.3 Å². The summed E-state index contributed by atoms with van der Waals surface area (Å²) in [7, 11) is 0. The Kier molecular flexibility index (Phi) is 1.30. The Labute approximate surface area is 90.2 Å². The smallest absolute Gasteiger partial charge is 0.185 e. The van der Waals surface area contributed by atoms with Crippen LogP contribution in [0.1, 0.15) is 0 Å². The van der Waals surface area contributed by atoms with E-state index < -0.39 is 0 Å². The van der Waals surface area contributed by atoms with Gasteiger partial charge in [0.2, 0.25) is 0 Å². The lowest BCUT2D eigenvalue weighted by atomic mass is 10.3. The highest BCUT2D eigenvalue weighted by Gasteiger charge is 2.12. The van der Waals surface area contributed by atoms with Crippen LogP contribution in [0.5, 0.6) is 0 Å². The first-order chi connectivity index (χ1) is 7.93. The third-order valence-corrected chi connectivity index (χ3v) is 2.85. The van der Waals surface area contributed by atoms with Gasteiger partial charge in [-0.05, 0) is 6.08 Å². The van der Waals surface area contributed by atoms with Crippen molar-refractivity contribution in [3.05, 3.63) is 29.0 Å². The molecule has 0 atom stereocenters. The van der Waals surface area contributed by atoms with Crippen molar-refractivity contribution in [2.75, 3.05) is 0 Å². The van der Waals surface area contributed by atoms with Crippen LogP contribution >= 0.6 is 0 Å². The highest BCUT2D eigenvalue weighted by Crippen LogP contribution is 2.14. The molecule has 4 rings (SSSR count). The van der Waals surface area contributed by atoms with Gasteiger partial charge in [-0.25, -0.2) is 9.97 Å². The van der Waals surface area contributed by atoms with Crippen LogP contribution in [0.2, 0.25) is 0 Å². The fraction of sp³-hybridized carbons (Fsp3) is 0.0909. The predicted molar refractivity (Wildman–Crippen MR) is 59.4 cm³/mol. The zero-order valence-electron chi connectivity index (χ0n) is 8.33. The minimum atomic E-state index is 0.663. The largest absolute Gasteiger partial charge is 0.319 e. The second-order valence-electron chi connectivity index (χ2n) is 3.75. The lowest BCUT2D eigenvalue weighted by molar-refractivity contribution is 0.805. The maximum atomic E-state index is 4.59. The summed E-state index contributed by atoms with van der Waals surface area (Å²) >= 11 is 0. The fourth-order valence-electron chi connectivity index (χ4n) is 2.09. The van der Waals surface area contributed by atoms with Crippen molar-refractivity contribution < 1.29 is 0 Å². The number of hydrogen-bond donors (Lipinski definition) is 0. The summed E-state index contributed by atoms with van der Waals surface area (Å²) in [5.41, 5.74) is 2.94. The van der Waals surface area contributed by atoms with Gasteiger partial charge in [-0.15, -0.1) is 5.11 Å². The van der Waals surface area contributed by atoms with E-state index in [1.807, 2.05) is 18.3 Å². The van der Waals surface area contributed by atoms with Crippen molar-refractivity contribution in [1.82, 2.24) is 14.5 Å². The Morgan fingerprint density at radius 1 is 1.31 bits per heavy atom. The molecule has 5 heteroatoms. The lowest BCUT2D eigenvalue weighted by Crippen LogP contribution is -2.19. The predicted octanol–water partition coefficient (Wildman–Crippen LogP) is 0.617. The van der Waals surface area contributed by atoms with E-state index >= 15 is 0 Å². The first-order valence-electron chi connectivity index (χ1n) is 5.07. The summed E-state index contributed by atoms with van der Waals surface area (Å²) in [6.07, 6.45) is 9.65. The van der Waals surface area contributed by atoms with Crippen LogP contribution in [-0.2, 0) is 6.54 Å². The zero-order valence-corrected chi connectivity index (χ0v) is 8.33. The number of rotatable bonds is 0. The number of nitrogens with zero attached hydrogens (tertiary/aromatic N) is 5. The van der Waals surface area contributed by atoms with Crippen LogP contribution in [0.4, 0.5) is 5.82 Å². The average Bonchev–Trinajstić information content (AvgIpc) is 2.92. The normalized spacial score (nSPS) is 15.8. The molecule has 0 fully saturated rings. The average molecular weight is 209 g/mol. The van der Waals surface area contributed by atoms with E-state index in [4.69, 9.17) is 0 Å². The van der Waals surface area contributed by atoms with Crippen molar-refractivity contribution in [2.24, 2.45) is 10.2 Å². The highest BCUT2D eigenvalue weighted by molar-refractivity contribution is 5.79. The minimum absolute atomic E-state index is 0.663. The van der Waals surface area contributed by atoms with Crippen molar-refractivity contribution in [1.29, 1.82) is 0 Å². The molecule has 76 valence electrons. The molecule has 0 spiro atoms. The van der Waals surface area contributed by atoms with Crippen LogP contribution in [0.15, 0.2) is 28.6 Å². The molecule has 2 aromatic rings. The summed E-state index contributed by atoms with van der Waals surface area (Å²) in [4.78, 5) is 8.87. The molecule has 2 aromatic heterocycles. The van der Waals surface area contributed by atoms with Gasteiger partial charge in [0.15, 0.2) is 5.82 Å². The van der Waals surface area contributed by atoms with Gasteiger partial charge in [0.1, 0.15) is 11.0 Å². The molecule has 2 aliphatic rings. The molecule has 2 aliphatic heterocycles. The maximum Gasteiger partial charge on any atom is 0.185 e. The molecular formula is C11H7N5. The second kappa shape index (κ2) is 2.63. The van der Waals surface area contributed by atoms with E-state index in [9.17, 15) is 0 Å². The number of fused-ring (bicyclic) bond motifs is 5. The Morgan fingerprint density at radius 2 is 2.31 bits per heavy atom. The van der Waals surface area contributed by atoms with E-state index in [1.54, 1.807) is 6.20 Å². The van der Waals surface area contributed by atoms with E-state index in [0.29, 0.717) is 5.82 Å². The van der Waals surface area contributed by atoms with Crippen LogP contribution < -0.4 is 10.7 Å². The van der Waals surface area contributed by atoms with Crippen molar-refractivity contribution >= 4 is 29.1 Å². The molecule has 0 unspecified atom stereocenters. The Bertz CT molecular complexity index is 779. The van der Waals surface area contributed by atoms with Crippen molar-refractivity contribution in [3.8, 4) is 0 Å². The topological polar surface area (TPSA) is 55.4 Å². The molecular weight excluding hydrogens is 202 g/mol. The van der Waals surface area contributed by atoms with Crippen LogP contribution in [0.25, 0.3) is 23.3 Å². The molecule has 0 radical (unpaired) electrons. The Balaban J connectivity index is 2.26. The van der Waals surface area contributed by atoms with Gasteiger partial charge in [0, 0.05) is 6.54 Å². The van der Waals surface area contributed by atoms with Crippen LogP contribution in [0, 0.1) is 0 Å². The molecule has 0 bridgehead atoms. The van der Waals surface area contributed by atoms with E-state index in [2.05, 4.69) is 30.8 Å². The van der Waals surface area contributed by atoms with Gasteiger partial charge in [-0.2, -0.15) is 5.11 Å². The summed E-state index contributed by atoms with van der Waals surface area (Å²) in [5, 5.41) is 8.73. The molecule has 0 aromatic carbocycles. The first-order valence-corrected chi connectivity index (χ1v) is 5.07. The third-order valence-electron chi connectivity index (χ3n) is 2.85. The number of hydrogen-bond acceptors (Lipinski definition) is 4. The van der Waals surface area contributed by atoms with Gasteiger partial charge < -0.3 is 4.57 Å². The van der Waals surface area contributed by atoms with Gasteiger partial charge in [0.25, 0.3) is 0 Å². The summed E-state index contributed by atoms with van der Waals surface area (Å²) < 4.78 is 2.13. The summed E-state index contributed by atoms with van der Waals surface area (Å²) in [5.74, 6) is 0.663. The number of pyridine rings is 1. The number of azo groups is 1. The van der Waals surface area contributed by atoms with Gasteiger partial charge in [-0.1, -0.05) is 12.2 Å². The van der Waals surface area contributed by atoms with Gasteiger partial charge in [0.05, 0.1) is 23.1 Å². The Morgan fingerprint density at radius 3 is 3.31 bits per heavy atom. The number of allylic oxidation sites excluding steroid dienone is 2. The zero-order chi connectivity index (χ0) is 10.5. The van der Waals surface area contributed by atoms with Gasteiger partial charge >= 0.3 is 0 Å². The summed E-state index contributed by atoms with van der Waals surface area (Å²) in [6.45, 7) is 0.844. The molecule has 0 saturated carbocycles. The van der Waals surface area contributed by atoms with E-state index in [-0.39, 0.29) is 0 Å². The quantitative estimate of drug-likeness (QED) is 0.638. The second-order valence-corrected chi connectivity index (χ2v) is 3.75. The monoisotopic (exact) mass is 209 g/mol. The van der Waals surface area contributed by atoms with Crippen molar-refractivity contribution in [2.45, 2.75) is 6.54 Å². The molecule has 0 saturated heterocycles. The van der Waals surface area contributed by atoms with Crippen molar-refractivity contribution in [3.63, 3.8) is 0 Å².